The van der Waals surface area contributed by atoms with Crippen LogP contribution in [0.1, 0.15) is 29.5 Å². The second-order valence-electron chi connectivity index (χ2n) is 16.8. The van der Waals surface area contributed by atoms with E-state index in [4.69, 9.17) is 4.98 Å². The Hall–Kier alpha value is -4.16. The SMILES string of the molecule is Cc1cc(-c2[c-]cccc2)nc[c]1[Ge]([CH3])([CH3])[CH3].[2H]C(c1ccccc1)(c1ccnc(-c2[c-]c[c]([Ge]([CH3])([CH3])[CH3])c3c2sc2ccccc23)c1)c1ccc2ccccc2c1.[Ir]. The first-order chi connectivity index (χ1) is 27.8. The summed E-state index contributed by atoms with van der Waals surface area (Å²) in [6.07, 6.45) is 3.94. The van der Waals surface area contributed by atoms with Crippen molar-refractivity contribution in [3.63, 3.8) is 0 Å². The number of rotatable bonds is 7. The molecule has 0 saturated heterocycles. The first kappa shape index (κ1) is 40.6. The van der Waals surface area contributed by atoms with Gasteiger partial charge < -0.3 is 0 Å². The van der Waals surface area contributed by atoms with E-state index in [1.54, 1.807) is 0 Å². The van der Waals surface area contributed by atoms with E-state index >= 15 is 0 Å². The molecule has 1 atom stereocenters. The van der Waals surface area contributed by atoms with E-state index in [-0.39, 0.29) is 20.1 Å². The molecule has 9 aromatic rings. The molecule has 0 aliphatic rings. The number of aromatic nitrogens is 2. The molecule has 6 aromatic carbocycles. The summed E-state index contributed by atoms with van der Waals surface area (Å²) >= 11 is -2.13. The topological polar surface area (TPSA) is 25.8 Å². The molecule has 291 valence electrons. The van der Waals surface area contributed by atoms with Crippen LogP contribution in [0.2, 0.25) is 34.5 Å². The van der Waals surface area contributed by atoms with Crippen LogP contribution in [0.3, 0.4) is 0 Å². The predicted molar refractivity (Wildman–Crippen MR) is 252 cm³/mol. The average molecular weight is 1070 g/mol. The second-order valence-corrected chi connectivity index (χ2v) is 39.0. The molecular formula is C52H48Ge2IrN2S-2. The van der Waals surface area contributed by atoms with Crippen molar-refractivity contribution in [3.8, 4) is 22.5 Å². The molecule has 0 aliphatic carbocycles. The predicted octanol–water partition coefficient (Wildman–Crippen LogP) is 13.2. The Morgan fingerprint density at radius 3 is 2.03 bits per heavy atom. The fourth-order valence-corrected chi connectivity index (χ4v) is 16.0. The van der Waals surface area contributed by atoms with E-state index < -0.39 is 32.4 Å². The average Bonchev–Trinajstić information content (AvgIpc) is 3.62. The van der Waals surface area contributed by atoms with E-state index in [1.165, 1.54) is 39.9 Å². The van der Waals surface area contributed by atoms with Crippen molar-refractivity contribution in [2.75, 3.05) is 0 Å². The molecule has 3 heterocycles. The Morgan fingerprint density at radius 2 is 1.31 bits per heavy atom. The minimum atomic E-state index is -2.19. The van der Waals surface area contributed by atoms with Gasteiger partial charge in [0.2, 0.25) is 0 Å². The van der Waals surface area contributed by atoms with Gasteiger partial charge in [-0.05, 0) is 0 Å². The summed E-state index contributed by atoms with van der Waals surface area (Å²) < 4.78 is 15.6. The minimum Gasteiger partial charge on any atom is 0 e. The number of benzene rings is 6. The van der Waals surface area contributed by atoms with E-state index in [9.17, 15) is 1.37 Å². The van der Waals surface area contributed by atoms with Gasteiger partial charge in [-0.15, -0.1) is 0 Å². The third-order valence-corrected chi connectivity index (χ3v) is 20.5. The van der Waals surface area contributed by atoms with Gasteiger partial charge in [0.1, 0.15) is 0 Å². The molecule has 0 N–H and O–H groups in total. The number of hydrogen-bond donors (Lipinski definition) is 0. The summed E-state index contributed by atoms with van der Waals surface area (Å²) in [4.78, 5) is 9.47. The molecule has 58 heavy (non-hydrogen) atoms. The van der Waals surface area contributed by atoms with Crippen molar-refractivity contribution in [1.29, 1.82) is 0 Å². The van der Waals surface area contributed by atoms with Gasteiger partial charge in [-0.1, -0.05) is 18.2 Å². The number of hydrogen-bond acceptors (Lipinski definition) is 3. The van der Waals surface area contributed by atoms with Gasteiger partial charge in [0.05, 0.1) is 0 Å². The molecule has 6 heteroatoms. The van der Waals surface area contributed by atoms with Gasteiger partial charge in [-0.3, -0.25) is 0 Å². The van der Waals surface area contributed by atoms with Crippen LogP contribution in [0.15, 0.2) is 158 Å². The van der Waals surface area contributed by atoms with Crippen LogP contribution in [0.5, 0.6) is 0 Å². The van der Waals surface area contributed by atoms with Gasteiger partial charge in [-0.25, -0.2) is 0 Å². The molecule has 9 rings (SSSR count). The van der Waals surface area contributed by atoms with Gasteiger partial charge in [0, 0.05) is 20.1 Å². The number of nitrogens with zero attached hydrogens (tertiary/aromatic N) is 2. The molecule has 0 aliphatic heterocycles. The van der Waals surface area contributed by atoms with Crippen molar-refractivity contribution < 1.29 is 21.5 Å². The molecule has 0 saturated carbocycles. The minimum absolute atomic E-state index is 0. The zero-order valence-electron chi connectivity index (χ0n) is 35.1. The molecule has 0 fully saturated rings. The first-order valence-electron chi connectivity index (χ1n) is 20.1. The number of fused-ring (bicyclic) bond motifs is 4. The van der Waals surface area contributed by atoms with Gasteiger partial charge in [0.25, 0.3) is 0 Å². The van der Waals surface area contributed by atoms with Crippen LogP contribution in [-0.4, -0.2) is 36.5 Å². The van der Waals surface area contributed by atoms with E-state index in [0.29, 0.717) is 0 Å². The summed E-state index contributed by atoms with van der Waals surface area (Å²) in [7, 11) is 0. The first-order valence-corrected chi connectivity index (χ1v) is 35.1. The zero-order valence-corrected chi connectivity index (χ0v) is 41.6. The van der Waals surface area contributed by atoms with Crippen molar-refractivity contribution in [3.05, 3.63) is 192 Å². The molecule has 0 spiro atoms. The number of thiophene rings is 1. The molecule has 0 bridgehead atoms. The van der Waals surface area contributed by atoms with Crippen molar-refractivity contribution in [2.45, 2.75) is 47.4 Å². The van der Waals surface area contributed by atoms with E-state index in [2.05, 4.69) is 168 Å². The monoisotopic (exact) mass is 1070 g/mol. The van der Waals surface area contributed by atoms with E-state index in [1.807, 2.05) is 60.0 Å². The Bertz CT molecular complexity index is 2900. The fourth-order valence-electron chi connectivity index (χ4n) is 7.77. The van der Waals surface area contributed by atoms with Crippen molar-refractivity contribution in [2.24, 2.45) is 0 Å². The van der Waals surface area contributed by atoms with Gasteiger partial charge >= 0.3 is 333 Å². The largest absolute Gasteiger partial charge is 0 e. The molecular weight excluding hydrogens is 1020 g/mol. The number of aryl methyl sites for hydroxylation is 1. The number of pyridine rings is 2. The van der Waals surface area contributed by atoms with Crippen LogP contribution in [0.4, 0.5) is 0 Å². The Balaban J connectivity index is 0.000000247. The van der Waals surface area contributed by atoms with Crippen LogP contribution >= 0.6 is 11.3 Å². The maximum absolute atomic E-state index is 10.1. The quantitative estimate of drug-likeness (QED) is 0.117. The molecule has 2 nitrogen and oxygen atoms in total. The smallest absolute Gasteiger partial charge is 0 e. The Morgan fingerprint density at radius 1 is 0.621 bits per heavy atom. The Labute approximate surface area is 368 Å². The molecule has 1 unspecified atom stereocenters. The standard InChI is InChI=1S/C37H30GeNS.C15H18GeN.Ir/c1-38(2,3)32-20-19-30(37-36(32)31-15-9-10-16-34(31)40-37)33-24-29(21-22-39-33)35(26-12-5-4-6-13-26)28-18-17-25-11-7-8-14-27(25)23-28;1-12-10-15(13-8-6-5-7-9-13)17-11-14(12)16(2,3)4;/h4-18,20-24,35H,1-3H3;5-8,10-11H,1-4H3;/q2*-1;/i35D;;. The summed E-state index contributed by atoms with van der Waals surface area (Å²) in [5, 5.41) is 5.00. The van der Waals surface area contributed by atoms with Crippen LogP contribution < -0.4 is 8.79 Å². The summed E-state index contributed by atoms with van der Waals surface area (Å²) in [5.41, 5.74) is 8.12. The van der Waals surface area contributed by atoms with Gasteiger partial charge in [0.15, 0.2) is 0 Å². The summed E-state index contributed by atoms with van der Waals surface area (Å²) in [6, 6.07) is 57.1. The molecule has 1 radical (unpaired) electrons. The molecule has 3 aromatic heterocycles. The molecule has 0 amide bonds. The maximum Gasteiger partial charge on any atom is 0 e. The van der Waals surface area contributed by atoms with Gasteiger partial charge in [-0.2, -0.15) is 0 Å². The van der Waals surface area contributed by atoms with Crippen LogP contribution in [0.25, 0.3) is 53.5 Å². The third-order valence-electron chi connectivity index (χ3n) is 10.6. The van der Waals surface area contributed by atoms with Crippen LogP contribution in [-0.2, 0) is 20.1 Å². The summed E-state index contributed by atoms with van der Waals surface area (Å²) in [5.74, 6) is 13.4. The third kappa shape index (κ3) is 8.88. The second kappa shape index (κ2) is 17.6. The van der Waals surface area contributed by atoms with Crippen LogP contribution in [0, 0.1) is 19.1 Å². The maximum atomic E-state index is 10.1. The fraction of sp³-hybridized carbons (Fsp3) is 0.154. The van der Waals surface area contributed by atoms with Crippen molar-refractivity contribution in [1.82, 2.24) is 9.97 Å². The van der Waals surface area contributed by atoms with E-state index in [0.717, 1.165) is 44.6 Å². The van der Waals surface area contributed by atoms with Crippen molar-refractivity contribution >= 4 is 77.6 Å². The summed E-state index contributed by atoms with van der Waals surface area (Å²) in [6.45, 7) is 2.19. The Kier molecular flexibility index (Phi) is 12.3. The normalized spacial score (nSPS) is 13.0. The zero-order chi connectivity index (χ0) is 40.7.